The SMILES string of the molecule is O=C(c1ccccc1)C1CCCN1C(=O)c1cc(-c2ccco2)on1. The third kappa shape index (κ3) is 2.87. The Morgan fingerprint density at radius 2 is 1.92 bits per heavy atom. The van der Waals surface area contributed by atoms with Crippen LogP contribution in [0.5, 0.6) is 0 Å². The molecule has 1 atom stereocenters. The second-order valence-electron chi connectivity index (χ2n) is 5.94. The van der Waals surface area contributed by atoms with Crippen LogP contribution in [0.15, 0.2) is 63.7 Å². The van der Waals surface area contributed by atoms with Gasteiger partial charge in [0.2, 0.25) is 5.76 Å². The van der Waals surface area contributed by atoms with Crippen molar-refractivity contribution < 1.29 is 18.5 Å². The van der Waals surface area contributed by atoms with E-state index in [9.17, 15) is 9.59 Å². The number of rotatable bonds is 4. The van der Waals surface area contributed by atoms with E-state index in [1.807, 2.05) is 18.2 Å². The summed E-state index contributed by atoms with van der Waals surface area (Å²) in [6, 6.07) is 13.6. The number of likely N-dealkylation sites (tertiary alicyclic amines) is 1. The van der Waals surface area contributed by atoms with Crippen molar-refractivity contribution in [1.82, 2.24) is 10.1 Å². The van der Waals surface area contributed by atoms with Gasteiger partial charge in [-0.25, -0.2) is 0 Å². The molecule has 25 heavy (non-hydrogen) atoms. The van der Waals surface area contributed by atoms with Gasteiger partial charge < -0.3 is 13.8 Å². The number of carbonyl (C=O) groups is 2. The first kappa shape index (κ1) is 15.4. The minimum Gasteiger partial charge on any atom is -0.461 e. The largest absolute Gasteiger partial charge is 0.461 e. The Bertz CT molecular complexity index is 883. The summed E-state index contributed by atoms with van der Waals surface area (Å²) < 4.78 is 10.4. The highest BCUT2D eigenvalue weighted by molar-refractivity contribution is 6.04. The van der Waals surface area contributed by atoms with E-state index in [0.29, 0.717) is 30.0 Å². The number of furan rings is 1. The zero-order valence-electron chi connectivity index (χ0n) is 13.4. The normalized spacial score (nSPS) is 17.0. The molecule has 1 aliphatic heterocycles. The summed E-state index contributed by atoms with van der Waals surface area (Å²) in [7, 11) is 0. The van der Waals surface area contributed by atoms with Crippen molar-refractivity contribution in [2.45, 2.75) is 18.9 Å². The number of benzene rings is 1. The van der Waals surface area contributed by atoms with Crippen LogP contribution in [0.1, 0.15) is 33.7 Å². The Morgan fingerprint density at radius 1 is 1.08 bits per heavy atom. The lowest BCUT2D eigenvalue weighted by Gasteiger charge is -2.22. The first-order chi connectivity index (χ1) is 12.2. The van der Waals surface area contributed by atoms with E-state index in [-0.39, 0.29) is 17.4 Å². The van der Waals surface area contributed by atoms with Crippen molar-refractivity contribution in [2.24, 2.45) is 0 Å². The number of amides is 1. The third-order valence-corrected chi connectivity index (χ3v) is 4.37. The van der Waals surface area contributed by atoms with Gasteiger partial charge in [-0.15, -0.1) is 0 Å². The Hall–Kier alpha value is -3.15. The van der Waals surface area contributed by atoms with Gasteiger partial charge in [0.15, 0.2) is 17.2 Å². The van der Waals surface area contributed by atoms with Gasteiger partial charge in [-0.1, -0.05) is 35.5 Å². The molecule has 0 aliphatic carbocycles. The molecule has 1 amide bonds. The number of carbonyl (C=O) groups excluding carboxylic acids is 2. The molecule has 126 valence electrons. The maximum Gasteiger partial charge on any atom is 0.276 e. The van der Waals surface area contributed by atoms with Gasteiger partial charge in [0.1, 0.15) is 0 Å². The van der Waals surface area contributed by atoms with Gasteiger partial charge in [0, 0.05) is 18.2 Å². The molecule has 1 aliphatic rings. The lowest BCUT2D eigenvalue weighted by molar-refractivity contribution is 0.0663. The number of ketones is 1. The van der Waals surface area contributed by atoms with E-state index in [0.717, 1.165) is 6.42 Å². The van der Waals surface area contributed by atoms with E-state index in [1.165, 1.54) is 6.26 Å². The quantitative estimate of drug-likeness (QED) is 0.682. The van der Waals surface area contributed by atoms with E-state index in [2.05, 4.69) is 5.16 Å². The molecule has 1 unspecified atom stereocenters. The molecule has 1 saturated heterocycles. The first-order valence-electron chi connectivity index (χ1n) is 8.15. The third-order valence-electron chi connectivity index (χ3n) is 4.37. The number of aromatic nitrogens is 1. The molecular weight excluding hydrogens is 320 g/mol. The Labute approximate surface area is 144 Å². The lowest BCUT2D eigenvalue weighted by Crippen LogP contribution is -2.40. The highest BCUT2D eigenvalue weighted by Gasteiger charge is 2.36. The van der Waals surface area contributed by atoms with Crippen LogP contribution in [0.3, 0.4) is 0 Å². The fourth-order valence-corrected chi connectivity index (χ4v) is 3.14. The summed E-state index contributed by atoms with van der Waals surface area (Å²) in [4.78, 5) is 27.1. The smallest absolute Gasteiger partial charge is 0.276 e. The molecule has 3 heterocycles. The van der Waals surface area contributed by atoms with Gasteiger partial charge in [0.05, 0.1) is 12.3 Å². The summed E-state index contributed by atoms with van der Waals surface area (Å²) in [5.41, 5.74) is 0.794. The number of hydrogen-bond acceptors (Lipinski definition) is 5. The van der Waals surface area contributed by atoms with E-state index >= 15 is 0 Å². The van der Waals surface area contributed by atoms with Crippen molar-refractivity contribution >= 4 is 11.7 Å². The van der Waals surface area contributed by atoms with Crippen LogP contribution >= 0.6 is 0 Å². The zero-order chi connectivity index (χ0) is 17.2. The number of Topliss-reactive ketones (excluding diaryl/α,β-unsaturated/α-hetero) is 1. The van der Waals surface area contributed by atoms with E-state index < -0.39 is 6.04 Å². The van der Waals surface area contributed by atoms with Gasteiger partial charge >= 0.3 is 0 Å². The fraction of sp³-hybridized carbons (Fsp3) is 0.211. The summed E-state index contributed by atoms with van der Waals surface area (Å²) in [5.74, 6) is 0.554. The maximum atomic E-state index is 12.8. The highest BCUT2D eigenvalue weighted by atomic mass is 16.5. The monoisotopic (exact) mass is 336 g/mol. The average Bonchev–Trinajstić information content (AvgIpc) is 3.42. The molecule has 6 heteroatoms. The number of hydrogen-bond donors (Lipinski definition) is 0. The predicted molar refractivity (Wildman–Crippen MR) is 89.0 cm³/mol. The molecule has 3 aromatic rings. The van der Waals surface area contributed by atoms with Crippen molar-refractivity contribution in [3.8, 4) is 11.5 Å². The number of nitrogens with zero attached hydrogens (tertiary/aromatic N) is 2. The molecule has 0 bridgehead atoms. The zero-order valence-corrected chi connectivity index (χ0v) is 13.4. The first-order valence-corrected chi connectivity index (χ1v) is 8.15. The maximum absolute atomic E-state index is 12.8. The van der Waals surface area contributed by atoms with Gasteiger partial charge in [-0.2, -0.15) is 0 Å². The molecule has 6 nitrogen and oxygen atoms in total. The standard InChI is InChI=1S/C19H16N2O4/c22-18(13-6-2-1-3-7-13)15-8-4-10-21(15)19(23)14-12-17(25-20-14)16-9-5-11-24-16/h1-3,5-7,9,11-12,15H,4,8,10H2. The van der Waals surface area contributed by atoms with Crippen LogP contribution in [0.2, 0.25) is 0 Å². The van der Waals surface area contributed by atoms with Crippen LogP contribution in [0, 0.1) is 0 Å². The Kier molecular flexibility index (Phi) is 3.93. The van der Waals surface area contributed by atoms with Crippen molar-refractivity contribution in [1.29, 1.82) is 0 Å². The highest BCUT2D eigenvalue weighted by Crippen LogP contribution is 2.25. The fourth-order valence-electron chi connectivity index (χ4n) is 3.14. The topological polar surface area (TPSA) is 76.6 Å². The van der Waals surface area contributed by atoms with Crippen LogP contribution in [0.4, 0.5) is 0 Å². The molecule has 2 aromatic heterocycles. The van der Waals surface area contributed by atoms with Crippen LogP contribution < -0.4 is 0 Å². The molecular formula is C19H16N2O4. The lowest BCUT2D eigenvalue weighted by atomic mass is 10.0. The van der Waals surface area contributed by atoms with Crippen LogP contribution in [0.25, 0.3) is 11.5 Å². The van der Waals surface area contributed by atoms with Crippen molar-refractivity contribution in [3.63, 3.8) is 0 Å². The summed E-state index contributed by atoms with van der Waals surface area (Å²) >= 11 is 0. The minimum absolute atomic E-state index is 0.0406. The molecule has 0 spiro atoms. The van der Waals surface area contributed by atoms with E-state index in [4.69, 9.17) is 8.94 Å². The van der Waals surface area contributed by atoms with Crippen LogP contribution in [-0.4, -0.2) is 34.3 Å². The Balaban J connectivity index is 1.56. The minimum atomic E-state index is -0.460. The van der Waals surface area contributed by atoms with Crippen molar-refractivity contribution in [3.05, 3.63) is 66.1 Å². The van der Waals surface area contributed by atoms with Crippen LogP contribution in [-0.2, 0) is 0 Å². The molecule has 0 N–H and O–H groups in total. The van der Waals surface area contributed by atoms with Gasteiger partial charge in [0.25, 0.3) is 5.91 Å². The molecule has 1 aromatic carbocycles. The second-order valence-corrected chi connectivity index (χ2v) is 5.94. The molecule has 1 fully saturated rings. The predicted octanol–water partition coefficient (Wildman–Crippen LogP) is 3.42. The average molecular weight is 336 g/mol. The summed E-state index contributed by atoms with van der Waals surface area (Å²) in [6.07, 6.45) is 2.97. The molecule has 0 radical (unpaired) electrons. The summed E-state index contributed by atoms with van der Waals surface area (Å²) in [6.45, 7) is 0.533. The van der Waals surface area contributed by atoms with Gasteiger partial charge in [-0.05, 0) is 25.0 Å². The Morgan fingerprint density at radius 3 is 2.68 bits per heavy atom. The summed E-state index contributed by atoms with van der Waals surface area (Å²) in [5, 5.41) is 3.85. The van der Waals surface area contributed by atoms with E-state index in [1.54, 1.807) is 35.2 Å². The van der Waals surface area contributed by atoms with Gasteiger partial charge in [-0.3, -0.25) is 9.59 Å². The second kappa shape index (κ2) is 6.39. The molecule has 0 saturated carbocycles. The molecule has 4 rings (SSSR count). The van der Waals surface area contributed by atoms with Crippen molar-refractivity contribution in [2.75, 3.05) is 6.54 Å².